The molecular weight excluding hydrogens is 288 g/mol. The number of benzene rings is 1. The Morgan fingerprint density at radius 1 is 1.24 bits per heavy atom. The molecule has 1 heterocycles. The first-order valence-corrected chi connectivity index (χ1v) is 7.76. The summed E-state index contributed by atoms with van der Waals surface area (Å²) in [5, 5.41) is 10.3. The van der Waals surface area contributed by atoms with Gasteiger partial charge in [-0.15, -0.1) is 11.8 Å². The van der Waals surface area contributed by atoms with Gasteiger partial charge in [0.2, 0.25) is 11.5 Å². The number of carbonyl (C=O) groups is 1. The number of nitrogens with two attached hydrogens (primary N) is 1. The van der Waals surface area contributed by atoms with Gasteiger partial charge in [0, 0.05) is 15.8 Å². The molecule has 0 aliphatic heterocycles. The van der Waals surface area contributed by atoms with Crippen LogP contribution in [0, 0.1) is 0 Å². The van der Waals surface area contributed by atoms with Crippen molar-refractivity contribution in [3.05, 3.63) is 30.0 Å². The van der Waals surface area contributed by atoms with Crippen molar-refractivity contribution in [2.45, 2.75) is 35.8 Å². The lowest BCUT2D eigenvalue weighted by atomic mass is 10.3. The van der Waals surface area contributed by atoms with E-state index in [-0.39, 0.29) is 11.5 Å². The number of thioether (sulfide) groups is 1. The number of nitrogens with one attached hydrogen (secondary N) is 1. The summed E-state index contributed by atoms with van der Waals surface area (Å²) in [6.07, 6.45) is 5.25. The summed E-state index contributed by atoms with van der Waals surface area (Å²) in [6.45, 7) is 0. The minimum atomic E-state index is -0.426. The number of carbonyl (C=O) groups excluding carboxylic acids is 1. The summed E-state index contributed by atoms with van der Waals surface area (Å²) in [4.78, 5) is 13.1. The maximum absolute atomic E-state index is 11.9. The summed E-state index contributed by atoms with van der Waals surface area (Å²) in [5.74, 6) is -0.439. The molecule has 110 valence electrons. The lowest BCUT2D eigenvalue weighted by molar-refractivity contribution is 0.101. The molecule has 0 radical (unpaired) electrons. The van der Waals surface area contributed by atoms with Crippen LogP contribution in [0.5, 0.6) is 0 Å². The van der Waals surface area contributed by atoms with Gasteiger partial charge >= 0.3 is 0 Å². The number of anilines is 2. The molecule has 1 aromatic heterocycles. The summed E-state index contributed by atoms with van der Waals surface area (Å²) >= 11 is 1.91. The average molecular weight is 304 g/mol. The molecule has 21 heavy (non-hydrogen) atoms. The third-order valence-corrected chi connectivity index (χ3v) is 4.80. The molecule has 1 aliphatic rings. The second-order valence-corrected chi connectivity index (χ2v) is 6.37. The predicted octanol–water partition coefficient (Wildman–Crippen LogP) is 2.94. The second kappa shape index (κ2) is 6.17. The Balaban J connectivity index is 1.61. The number of rotatable bonds is 4. The SMILES string of the molecule is Nc1nonc1C(=O)Nc1ccc(SC2CCCC2)cc1. The topological polar surface area (TPSA) is 94.0 Å². The zero-order valence-electron chi connectivity index (χ0n) is 11.4. The van der Waals surface area contributed by atoms with E-state index in [4.69, 9.17) is 5.73 Å². The van der Waals surface area contributed by atoms with E-state index in [0.717, 1.165) is 5.25 Å². The van der Waals surface area contributed by atoms with Gasteiger partial charge in [0.25, 0.3) is 5.91 Å². The van der Waals surface area contributed by atoms with E-state index in [1.807, 2.05) is 36.0 Å². The van der Waals surface area contributed by atoms with Crippen LogP contribution in [0.15, 0.2) is 33.8 Å². The molecule has 1 aromatic carbocycles. The second-order valence-electron chi connectivity index (χ2n) is 5.00. The van der Waals surface area contributed by atoms with E-state index in [1.54, 1.807) is 0 Å². The summed E-state index contributed by atoms with van der Waals surface area (Å²) in [7, 11) is 0. The Bertz CT molecular complexity index is 620. The number of nitrogens with zero attached hydrogens (tertiary/aromatic N) is 2. The first-order chi connectivity index (χ1) is 10.2. The van der Waals surface area contributed by atoms with Gasteiger partial charge in [-0.05, 0) is 47.4 Å². The minimum Gasteiger partial charge on any atom is -0.379 e. The van der Waals surface area contributed by atoms with Crippen LogP contribution in [0.2, 0.25) is 0 Å². The van der Waals surface area contributed by atoms with Gasteiger partial charge in [0.15, 0.2) is 0 Å². The first-order valence-electron chi connectivity index (χ1n) is 6.88. The van der Waals surface area contributed by atoms with Gasteiger partial charge < -0.3 is 11.1 Å². The van der Waals surface area contributed by atoms with Crippen molar-refractivity contribution in [3.8, 4) is 0 Å². The maximum Gasteiger partial charge on any atom is 0.281 e. The third-order valence-electron chi connectivity index (χ3n) is 3.45. The molecule has 6 nitrogen and oxygen atoms in total. The Morgan fingerprint density at radius 2 is 1.95 bits per heavy atom. The molecule has 0 atom stereocenters. The molecule has 3 rings (SSSR count). The van der Waals surface area contributed by atoms with Crippen LogP contribution in [0.1, 0.15) is 36.2 Å². The standard InChI is InChI=1S/C14H16N4O2S/c15-13-12(17-20-18-13)14(19)16-9-5-7-11(8-6-9)21-10-3-1-2-4-10/h5-8,10H,1-4H2,(H2,15,18)(H,16,19). The van der Waals surface area contributed by atoms with Gasteiger partial charge in [-0.25, -0.2) is 4.63 Å². The molecule has 1 aliphatic carbocycles. The van der Waals surface area contributed by atoms with Gasteiger partial charge in [0.05, 0.1) is 0 Å². The first kappa shape index (κ1) is 13.9. The highest BCUT2D eigenvalue weighted by Crippen LogP contribution is 2.34. The van der Waals surface area contributed by atoms with Crippen LogP contribution >= 0.6 is 11.8 Å². The van der Waals surface area contributed by atoms with Crippen molar-refractivity contribution in [1.29, 1.82) is 0 Å². The fourth-order valence-corrected chi connectivity index (χ4v) is 3.61. The number of aromatic nitrogens is 2. The smallest absolute Gasteiger partial charge is 0.281 e. The van der Waals surface area contributed by atoms with Crippen LogP contribution in [-0.4, -0.2) is 21.5 Å². The molecule has 7 heteroatoms. The molecule has 0 bridgehead atoms. The number of amides is 1. The number of hydrogen-bond donors (Lipinski definition) is 2. The van der Waals surface area contributed by atoms with Crippen LogP contribution in [0.3, 0.4) is 0 Å². The Morgan fingerprint density at radius 3 is 2.57 bits per heavy atom. The van der Waals surface area contributed by atoms with Gasteiger partial charge in [0.1, 0.15) is 0 Å². The summed E-state index contributed by atoms with van der Waals surface area (Å²) < 4.78 is 4.41. The number of nitrogen functional groups attached to an aromatic ring is 1. The van der Waals surface area contributed by atoms with Crippen LogP contribution in [0.25, 0.3) is 0 Å². The van der Waals surface area contributed by atoms with Crippen molar-refractivity contribution in [2.24, 2.45) is 0 Å². The molecule has 1 saturated carbocycles. The highest BCUT2D eigenvalue weighted by atomic mass is 32.2. The van der Waals surface area contributed by atoms with Crippen molar-refractivity contribution in [3.63, 3.8) is 0 Å². The minimum absolute atomic E-state index is 0.000549. The lowest BCUT2D eigenvalue weighted by Gasteiger charge is -2.09. The van der Waals surface area contributed by atoms with Crippen molar-refractivity contribution in [1.82, 2.24) is 10.3 Å². The van der Waals surface area contributed by atoms with E-state index in [0.29, 0.717) is 5.69 Å². The van der Waals surface area contributed by atoms with Crippen molar-refractivity contribution >= 4 is 29.2 Å². The van der Waals surface area contributed by atoms with Crippen LogP contribution < -0.4 is 11.1 Å². The van der Waals surface area contributed by atoms with Gasteiger partial charge in [-0.3, -0.25) is 4.79 Å². The average Bonchev–Trinajstić information content (AvgIpc) is 3.12. The monoisotopic (exact) mass is 304 g/mol. The Hall–Kier alpha value is -2.02. The zero-order valence-corrected chi connectivity index (χ0v) is 12.2. The molecule has 0 unspecified atom stereocenters. The Labute approximate surface area is 126 Å². The van der Waals surface area contributed by atoms with Crippen LogP contribution in [-0.2, 0) is 0 Å². The highest BCUT2D eigenvalue weighted by molar-refractivity contribution is 8.00. The Kier molecular flexibility index (Phi) is 4.10. The third kappa shape index (κ3) is 3.36. The fourth-order valence-electron chi connectivity index (χ4n) is 2.36. The summed E-state index contributed by atoms with van der Waals surface area (Å²) in [5.41, 5.74) is 6.17. The summed E-state index contributed by atoms with van der Waals surface area (Å²) in [6, 6.07) is 7.78. The molecule has 2 aromatic rings. The molecular formula is C14H16N4O2S. The molecule has 0 saturated heterocycles. The van der Waals surface area contributed by atoms with E-state index >= 15 is 0 Å². The van der Waals surface area contributed by atoms with E-state index in [9.17, 15) is 4.79 Å². The molecule has 1 amide bonds. The van der Waals surface area contributed by atoms with E-state index in [1.165, 1.54) is 30.6 Å². The molecule has 1 fully saturated rings. The zero-order chi connectivity index (χ0) is 14.7. The highest BCUT2D eigenvalue weighted by Gasteiger charge is 2.17. The fraction of sp³-hybridized carbons (Fsp3) is 0.357. The van der Waals surface area contributed by atoms with Gasteiger partial charge in [-0.2, -0.15) is 0 Å². The van der Waals surface area contributed by atoms with Crippen molar-refractivity contribution in [2.75, 3.05) is 11.1 Å². The van der Waals surface area contributed by atoms with E-state index in [2.05, 4.69) is 20.3 Å². The largest absolute Gasteiger partial charge is 0.379 e. The normalized spacial score (nSPS) is 15.2. The number of hydrogen-bond acceptors (Lipinski definition) is 6. The molecule has 3 N–H and O–H groups in total. The molecule has 0 spiro atoms. The maximum atomic E-state index is 11.9. The lowest BCUT2D eigenvalue weighted by Crippen LogP contribution is -2.14. The quantitative estimate of drug-likeness (QED) is 0.902. The van der Waals surface area contributed by atoms with Crippen LogP contribution in [0.4, 0.5) is 11.5 Å². The van der Waals surface area contributed by atoms with Gasteiger partial charge in [-0.1, -0.05) is 12.8 Å². The van der Waals surface area contributed by atoms with Crippen molar-refractivity contribution < 1.29 is 9.42 Å². The van der Waals surface area contributed by atoms with E-state index < -0.39 is 5.91 Å². The predicted molar refractivity (Wildman–Crippen MR) is 81.2 cm³/mol.